The predicted molar refractivity (Wildman–Crippen MR) is 121 cm³/mol. The van der Waals surface area contributed by atoms with Gasteiger partial charge in [-0.1, -0.05) is 19.1 Å². The second-order valence-corrected chi connectivity index (χ2v) is 6.31. The van der Waals surface area contributed by atoms with Crippen molar-refractivity contribution in [3.63, 3.8) is 0 Å². The third-order valence-corrected chi connectivity index (χ3v) is 4.20. The molecule has 0 unspecified atom stereocenters. The Hall–Kier alpha value is -1.39. The molecule has 8 heteroatoms. The van der Waals surface area contributed by atoms with E-state index in [1.807, 2.05) is 31.2 Å². The van der Waals surface area contributed by atoms with Gasteiger partial charge in [-0.05, 0) is 24.1 Å². The van der Waals surface area contributed by atoms with Crippen molar-refractivity contribution in [1.82, 2.24) is 15.5 Å². The molecule has 1 heterocycles. The molecule has 27 heavy (non-hydrogen) atoms. The molecule has 0 aromatic heterocycles. The van der Waals surface area contributed by atoms with Crippen LogP contribution in [0.2, 0.25) is 0 Å². The highest BCUT2D eigenvalue weighted by Gasteiger charge is 2.09. The summed E-state index contributed by atoms with van der Waals surface area (Å²) in [5, 5.41) is 9.58. The summed E-state index contributed by atoms with van der Waals surface area (Å²) in [6, 6.07) is 7.88. The molecule has 1 aromatic rings. The van der Waals surface area contributed by atoms with Crippen LogP contribution < -0.4 is 16.0 Å². The van der Waals surface area contributed by atoms with Crippen LogP contribution in [0, 0.1) is 0 Å². The molecule has 1 aliphatic rings. The van der Waals surface area contributed by atoms with E-state index < -0.39 is 0 Å². The summed E-state index contributed by atoms with van der Waals surface area (Å²) in [6.07, 6.45) is 1.39. The van der Waals surface area contributed by atoms with Crippen LogP contribution in [0.4, 0.5) is 5.69 Å². The van der Waals surface area contributed by atoms with Gasteiger partial charge in [-0.25, -0.2) is 0 Å². The van der Waals surface area contributed by atoms with Crippen LogP contribution in [0.3, 0.4) is 0 Å². The molecule has 1 fully saturated rings. The molecular formula is C19H32IN5O2. The molecule has 1 saturated heterocycles. The number of guanidine groups is 1. The van der Waals surface area contributed by atoms with Crippen LogP contribution >= 0.6 is 24.0 Å². The van der Waals surface area contributed by atoms with Gasteiger partial charge in [0.1, 0.15) is 0 Å². The maximum absolute atomic E-state index is 11.7. The number of hydrogen-bond acceptors (Lipinski definition) is 4. The molecule has 0 saturated carbocycles. The van der Waals surface area contributed by atoms with E-state index in [1.54, 1.807) is 7.05 Å². The fraction of sp³-hybridized carbons (Fsp3) is 0.579. The van der Waals surface area contributed by atoms with Gasteiger partial charge in [0, 0.05) is 51.9 Å². The van der Waals surface area contributed by atoms with Crippen molar-refractivity contribution < 1.29 is 9.53 Å². The van der Waals surface area contributed by atoms with Crippen molar-refractivity contribution in [3.8, 4) is 0 Å². The minimum Gasteiger partial charge on any atom is -0.379 e. The van der Waals surface area contributed by atoms with Crippen LogP contribution in [-0.2, 0) is 16.1 Å². The Morgan fingerprint density at radius 1 is 1.26 bits per heavy atom. The second-order valence-electron chi connectivity index (χ2n) is 6.31. The lowest BCUT2D eigenvalue weighted by atomic mass is 10.2. The van der Waals surface area contributed by atoms with Crippen LogP contribution in [0.5, 0.6) is 0 Å². The van der Waals surface area contributed by atoms with Gasteiger partial charge < -0.3 is 20.7 Å². The first-order chi connectivity index (χ1) is 12.7. The van der Waals surface area contributed by atoms with E-state index in [0.717, 1.165) is 63.0 Å². The van der Waals surface area contributed by atoms with Crippen molar-refractivity contribution >= 4 is 41.5 Å². The normalized spacial score (nSPS) is 15.0. The predicted octanol–water partition coefficient (Wildman–Crippen LogP) is 2.04. The van der Waals surface area contributed by atoms with Crippen LogP contribution in [0.1, 0.15) is 25.3 Å². The van der Waals surface area contributed by atoms with Crippen molar-refractivity contribution in [1.29, 1.82) is 0 Å². The summed E-state index contributed by atoms with van der Waals surface area (Å²) in [6.45, 7) is 8.08. The number of halogens is 1. The number of morpholine rings is 1. The Kier molecular flexibility index (Phi) is 12.0. The lowest BCUT2D eigenvalue weighted by Gasteiger charge is -2.26. The van der Waals surface area contributed by atoms with Crippen molar-refractivity contribution in [2.45, 2.75) is 26.3 Å². The van der Waals surface area contributed by atoms with Gasteiger partial charge >= 0.3 is 0 Å². The Balaban J connectivity index is 0.00000364. The number of carbonyl (C=O) groups excluding carboxylic acids is 1. The first-order valence-electron chi connectivity index (χ1n) is 9.34. The molecule has 1 amide bonds. The number of nitrogens with zero attached hydrogens (tertiary/aromatic N) is 2. The van der Waals surface area contributed by atoms with Gasteiger partial charge in [-0.15, -0.1) is 24.0 Å². The average molecular weight is 489 g/mol. The van der Waals surface area contributed by atoms with E-state index in [2.05, 4.69) is 25.8 Å². The third kappa shape index (κ3) is 9.39. The van der Waals surface area contributed by atoms with Crippen LogP contribution in [0.25, 0.3) is 0 Å². The molecular weight excluding hydrogens is 457 g/mol. The number of benzene rings is 1. The zero-order chi connectivity index (χ0) is 18.6. The lowest BCUT2D eigenvalue weighted by molar-refractivity contribution is -0.116. The molecule has 2 rings (SSSR count). The summed E-state index contributed by atoms with van der Waals surface area (Å²) < 4.78 is 5.36. The lowest BCUT2D eigenvalue weighted by Crippen LogP contribution is -2.44. The maximum Gasteiger partial charge on any atom is 0.224 e. The summed E-state index contributed by atoms with van der Waals surface area (Å²) in [7, 11) is 1.77. The summed E-state index contributed by atoms with van der Waals surface area (Å²) in [4.78, 5) is 18.4. The number of aliphatic imine (C=N–C) groups is 1. The van der Waals surface area contributed by atoms with Gasteiger partial charge in [0.2, 0.25) is 5.91 Å². The molecule has 0 atom stereocenters. The fourth-order valence-electron chi connectivity index (χ4n) is 2.77. The van der Waals surface area contributed by atoms with Gasteiger partial charge in [0.15, 0.2) is 5.96 Å². The molecule has 152 valence electrons. The molecule has 1 aromatic carbocycles. The van der Waals surface area contributed by atoms with Gasteiger partial charge in [-0.2, -0.15) is 0 Å². The number of rotatable bonds is 8. The minimum atomic E-state index is 0. The summed E-state index contributed by atoms with van der Waals surface area (Å²) >= 11 is 0. The zero-order valence-corrected chi connectivity index (χ0v) is 18.6. The topological polar surface area (TPSA) is 78.0 Å². The number of hydrogen-bond donors (Lipinski definition) is 3. The Labute approximate surface area is 179 Å². The fourth-order valence-corrected chi connectivity index (χ4v) is 2.77. The Morgan fingerprint density at radius 2 is 2.04 bits per heavy atom. The molecule has 0 bridgehead atoms. The molecule has 7 nitrogen and oxygen atoms in total. The summed E-state index contributed by atoms with van der Waals surface area (Å²) in [5.74, 6) is 0.830. The number of ether oxygens (including phenoxy) is 1. The highest BCUT2D eigenvalue weighted by molar-refractivity contribution is 14.0. The number of amides is 1. The van der Waals surface area contributed by atoms with Gasteiger partial charge in [0.25, 0.3) is 0 Å². The van der Waals surface area contributed by atoms with Crippen LogP contribution in [0.15, 0.2) is 29.3 Å². The molecule has 0 spiro atoms. The first-order valence-corrected chi connectivity index (χ1v) is 9.34. The standard InChI is InChI=1S/C19H31N5O2.HI/c1-3-5-18(25)23-17-7-4-6-16(14-17)15-22-19(20-2)21-8-9-24-10-12-26-13-11-24;/h4,6-7,14H,3,5,8-13,15H2,1-2H3,(H,23,25)(H2,20,21,22);1H. The molecule has 0 radical (unpaired) electrons. The van der Waals surface area contributed by atoms with Gasteiger partial charge in [-0.3, -0.25) is 14.7 Å². The monoisotopic (exact) mass is 489 g/mol. The van der Waals surface area contributed by atoms with Crippen LogP contribution in [-0.4, -0.2) is 63.2 Å². The van der Waals surface area contributed by atoms with E-state index in [4.69, 9.17) is 4.74 Å². The number of nitrogens with one attached hydrogen (secondary N) is 3. The quantitative estimate of drug-likeness (QED) is 0.296. The smallest absolute Gasteiger partial charge is 0.224 e. The van der Waals surface area contributed by atoms with E-state index in [-0.39, 0.29) is 29.9 Å². The summed E-state index contributed by atoms with van der Waals surface area (Å²) in [5.41, 5.74) is 1.92. The minimum absolute atomic E-state index is 0. The first kappa shape index (κ1) is 23.6. The van der Waals surface area contributed by atoms with E-state index in [9.17, 15) is 4.79 Å². The number of carbonyl (C=O) groups is 1. The molecule has 1 aliphatic heterocycles. The third-order valence-electron chi connectivity index (χ3n) is 4.20. The maximum atomic E-state index is 11.7. The average Bonchev–Trinajstić information content (AvgIpc) is 2.66. The molecule has 0 aliphatic carbocycles. The Morgan fingerprint density at radius 3 is 2.74 bits per heavy atom. The highest BCUT2D eigenvalue weighted by atomic mass is 127. The number of anilines is 1. The van der Waals surface area contributed by atoms with Crippen molar-refractivity contribution in [2.24, 2.45) is 4.99 Å². The van der Waals surface area contributed by atoms with E-state index >= 15 is 0 Å². The zero-order valence-electron chi connectivity index (χ0n) is 16.3. The van der Waals surface area contributed by atoms with E-state index in [1.165, 1.54) is 0 Å². The highest BCUT2D eigenvalue weighted by Crippen LogP contribution is 2.11. The second kappa shape index (κ2) is 13.7. The van der Waals surface area contributed by atoms with Crippen molar-refractivity contribution in [2.75, 3.05) is 51.8 Å². The van der Waals surface area contributed by atoms with Crippen molar-refractivity contribution in [3.05, 3.63) is 29.8 Å². The SMILES string of the molecule is CCCC(=O)Nc1cccc(CNC(=NC)NCCN2CCOCC2)c1.I. The largest absolute Gasteiger partial charge is 0.379 e. The Bertz CT molecular complexity index is 591. The molecule has 3 N–H and O–H groups in total. The van der Waals surface area contributed by atoms with Gasteiger partial charge in [0.05, 0.1) is 13.2 Å². The van der Waals surface area contributed by atoms with E-state index in [0.29, 0.717) is 13.0 Å².